The Kier molecular flexibility index (Phi) is 3.12. The molecule has 0 radical (unpaired) electrons. The summed E-state index contributed by atoms with van der Waals surface area (Å²) in [6.07, 6.45) is 0. The minimum atomic E-state index is -0.130. The van der Waals surface area contributed by atoms with Crippen LogP contribution in [-0.2, 0) is 5.41 Å². The third kappa shape index (κ3) is 2.31. The summed E-state index contributed by atoms with van der Waals surface area (Å²) in [5.41, 5.74) is 1.95. The maximum atomic E-state index is 13.0. The highest BCUT2D eigenvalue weighted by Gasteiger charge is 2.19. The van der Waals surface area contributed by atoms with E-state index in [1.165, 1.54) is 11.6 Å². The zero-order valence-electron chi connectivity index (χ0n) is 8.20. The molecule has 0 saturated heterocycles. The molecular formula is C11H14BrF. The highest BCUT2D eigenvalue weighted by atomic mass is 79.9. The lowest BCUT2D eigenvalue weighted by molar-refractivity contribution is 0.591. The molecule has 0 bridgehead atoms. The summed E-state index contributed by atoms with van der Waals surface area (Å²) in [7, 11) is 0. The molecule has 0 amide bonds. The molecule has 13 heavy (non-hydrogen) atoms. The third-order valence-electron chi connectivity index (χ3n) is 2.27. The zero-order chi connectivity index (χ0) is 10.1. The lowest BCUT2D eigenvalue weighted by atomic mass is 9.86. The Morgan fingerprint density at radius 3 is 2.46 bits per heavy atom. The third-order valence-corrected chi connectivity index (χ3v) is 3.68. The van der Waals surface area contributed by atoms with E-state index < -0.39 is 0 Å². The van der Waals surface area contributed by atoms with Gasteiger partial charge in [-0.15, -0.1) is 0 Å². The number of rotatable bonds is 2. The van der Waals surface area contributed by atoms with Crippen LogP contribution < -0.4 is 0 Å². The molecule has 72 valence electrons. The predicted molar refractivity (Wildman–Crippen MR) is 58.0 cm³/mol. The second kappa shape index (κ2) is 3.79. The summed E-state index contributed by atoms with van der Waals surface area (Å²) >= 11 is 3.46. The van der Waals surface area contributed by atoms with E-state index in [1.54, 1.807) is 6.92 Å². The molecule has 0 unspecified atom stereocenters. The second-order valence-electron chi connectivity index (χ2n) is 3.98. The van der Waals surface area contributed by atoms with E-state index >= 15 is 0 Å². The molecular weight excluding hydrogens is 231 g/mol. The van der Waals surface area contributed by atoms with Crippen molar-refractivity contribution in [3.63, 3.8) is 0 Å². The van der Waals surface area contributed by atoms with Crippen LogP contribution >= 0.6 is 15.9 Å². The van der Waals surface area contributed by atoms with Crippen molar-refractivity contribution >= 4 is 15.9 Å². The van der Waals surface area contributed by atoms with Crippen molar-refractivity contribution in [2.75, 3.05) is 5.33 Å². The number of benzene rings is 1. The molecule has 0 aliphatic carbocycles. The summed E-state index contributed by atoms with van der Waals surface area (Å²) < 4.78 is 13.0. The molecule has 0 aliphatic rings. The van der Waals surface area contributed by atoms with Crippen molar-refractivity contribution in [3.8, 4) is 0 Å². The first-order valence-electron chi connectivity index (χ1n) is 4.30. The Morgan fingerprint density at radius 1 is 1.38 bits per heavy atom. The van der Waals surface area contributed by atoms with E-state index in [-0.39, 0.29) is 11.2 Å². The molecule has 1 aromatic carbocycles. The van der Waals surface area contributed by atoms with Crippen molar-refractivity contribution < 1.29 is 4.39 Å². The van der Waals surface area contributed by atoms with E-state index in [0.29, 0.717) is 5.56 Å². The fraction of sp³-hybridized carbons (Fsp3) is 0.455. The van der Waals surface area contributed by atoms with Crippen LogP contribution in [0.4, 0.5) is 4.39 Å². The molecule has 0 heterocycles. The molecule has 0 aromatic heterocycles. The fourth-order valence-electron chi connectivity index (χ4n) is 1.14. The molecule has 0 N–H and O–H groups in total. The van der Waals surface area contributed by atoms with Gasteiger partial charge in [0.1, 0.15) is 5.82 Å². The van der Waals surface area contributed by atoms with Crippen molar-refractivity contribution in [3.05, 3.63) is 35.1 Å². The van der Waals surface area contributed by atoms with Crippen LogP contribution in [0.1, 0.15) is 25.0 Å². The lowest BCUT2D eigenvalue weighted by Gasteiger charge is -2.22. The van der Waals surface area contributed by atoms with Crippen molar-refractivity contribution in [2.24, 2.45) is 0 Å². The first kappa shape index (κ1) is 10.7. The van der Waals surface area contributed by atoms with Gasteiger partial charge in [-0.1, -0.05) is 41.9 Å². The first-order chi connectivity index (χ1) is 5.97. The quantitative estimate of drug-likeness (QED) is 0.695. The number of alkyl halides is 1. The van der Waals surface area contributed by atoms with Crippen molar-refractivity contribution in [2.45, 2.75) is 26.2 Å². The SMILES string of the molecule is Cc1cc(C(C)(C)CBr)ccc1F. The van der Waals surface area contributed by atoms with Crippen LogP contribution in [0.15, 0.2) is 18.2 Å². The topological polar surface area (TPSA) is 0 Å². The highest BCUT2D eigenvalue weighted by Crippen LogP contribution is 2.26. The van der Waals surface area contributed by atoms with Gasteiger partial charge in [-0.3, -0.25) is 0 Å². The van der Waals surface area contributed by atoms with Gasteiger partial charge in [0.15, 0.2) is 0 Å². The Hall–Kier alpha value is -0.370. The zero-order valence-corrected chi connectivity index (χ0v) is 9.78. The number of hydrogen-bond acceptors (Lipinski definition) is 0. The molecule has 0 atom stereocenters. The summed E-state index contributed by atoms with van der Waals surface area (Å²) in [6.45, 7) is 6.06. The normalized spacial score (nSPS) is 11.8. The van der Waals surface area contributed by atoms with Crippen molar-refractivity contribution in [1.82, 2.24) is 0 Å². The Labute approximate surface area is 87.3 Å². The van der Waals surface area contributed by atoms with Gasteiger partial charge in [0, 0.05) is 5.33 Å². The van der Waals surface area contributed by atoms with Crippen LogP contribution in [0.5, 0.6) is 0 Å². The maximum absolute atomic E-state index is 13.0. The Morgan fingerprint density at radius 2 is 2.00 bits per heavy atom. The minimum absolute atomic E-state index is 0.0679. The summed E-state index contributed by atoms with van der Waals surface area (Å²) in [5.74, 6) is -0.130. The van der Waals surface area contributed by atoms with Crippen LogP contribution in [-0.4, -0.2) is 5.33 Å². The summed E-state index contributed by atoms with van der Waals surface area (Å²) in [6, 6.07) is 5.30. The molecule has 0 nitrogen and oxygen atoms in total. The van der Waals surface area contributed by atoms with Gasteiger partial charge < -0.3 is 0 Å². The van der Waals surface area contributed by atoms with Crippen LogP contribution in [0, 0.1) is 12.7 Å². The maximum Gasteiger partial charge on any atom is 0.126 e. The van der Waals surface area contributed by atoms with E-state index in [9.17, 15) is 4.39 Å². The molecule has 1 rings (SSSR count). The van der Waals surface area contributed by atoms with Gasteiger partial charge in [0.25, 0.3) is 0 Å². The van der Waals surface area contributed by atoms with E-state index in [1.807, 2.05) is 12.1 Å². The Bertz CT molecular complexity index is 305. The van der Waals surface area contributed by atoms with Gasteiger partial charge in [0.2, 0.25) is 0 Å². The average Bonchev–Trinajstić information content (AvgIpc) is 2.09. The second-order valence-corrected chi connectivity index (χ2v) is 4.54. The lowest BCUT2D eigenvalue weighted by Crippen LogP contribution is -2.18. The molecule has 0 aliphatic heterocycles. The van der Waals surface area contributed by atoms with Gasteiger partial charge in [-0.05, 0) is 29.5 Å². The Balaban J connectivity index is 3.10. The van der Waals surface area contributed by atoms with Gasteiger partial charge >= 0.3 is 0 Å². The van der Waals surface area contributed by atoms with Crippen LogP contribution in [0.25, 0.3) is 0 Å². The standard InChI is InChI=1S/C11H14BrF/c1-8-6-9(4-5-10(8)13)11(2,3)7-12/h4-6H,7H2,1-3H3. The van der Waals surface area contributed by atoms with E-state index in [2.05, 4.69) is 29.8 Å². The van der Waals surface area contributed by atoms with Gasteiger partial charge in [-0.2, -0.15) is 0 Å². The minimum Gasteiger partial charge on any atom is -0.207 e. The average molecular weight is 245 g/mol. The number of halogens is 2. The molecule has 0 fully saturated rings. The molecule has 2 heteroatoms. The summed E-state index contributed by atoms with van der Waals surface area (Å²) in [4.78, 5) is 0. The monoisotopic (exact) mass is 244 g/mol. The molecule has 1 aromatic rings. The number of aryl methyl sites for hydroxylation is 1. The van der Waals surface area contributed by atoms with Crippen LogP contribution in [0.2, 0.25) is 0 Å². The van der Waals surface area contributed by atoms with Gasteiger partial charge in [0.05, 0.1) is 0 Å². The fourth-order valence-corrected chi connectivity index (χ4v) is 1.47. The smallest absolute Gasteiger partial charge is 0.126 e. The summed E-state index contributed by atoms with van der Waals surface area (Å²) in [5, 5.41) is 0.880. The van der Waals surface area contributed by atoms with E-state index in [0.717, 1.165) is 5.33 Å². The van der Waals surface area contributed by atoms with Crippen molar-refractivity contribution in [1.29, 1.82) is 0 Å². The first-order valence-corrected chi connectivity index (χ1v) is 5.42. The predicted octanol–water partition coefficient (Wildman–Crippen LogP) is 3.81. The molecule has 0 spiro atoms. The van der Waals surface area contributed by atoms with Gasteiger partial charge in [-0.25, -0.2) is 4.39 Å². The van der Waals surface area contributed by atoms with Crippen LogP contribution in [0.3, 0.4) is 0 Å². The van der Waals surface area contributed by atoms with E-state index in [4.69, 9.17) is 0 Å². The largest absolute Gasteiger partial charge is 0.207 e. The highest BCUT2D eigenvalue weighted by molar-refractivity contribution is 9.09. The number of hydrogen-bond donors (Lipinski definition) is 0. The molecule has 0 saturated carbocycles.